The van der Waals surface area contributed by atoms with Crippen LogP contribution >= 0.6 is 0 Å². The van der Waals surface area contributed by atoms with E-state index in [1.807, 2.05) is 35.8 Å². The van der Waals surface area contributed by atoms with E-state index in [-0.39, 0.29) is 0 Å². The second kappa shape index (κ2) is 6.72. The molecule has 0 aliphatic heterocycles. The summed E-state index contributed by atoms with van der Waals surface area (Å²) < 4.78 is 1.96. The summed E-state index contributed by atoms with van der Waals surface area (Å²) in [7, 11) is 0. The maximum Gasteiger partial charge on any atom is 0.461 e. The number of hydrogen-bond acceptors (Lipinski definition) is 4. The monoisotopic (exact) mass is 339 g/mol. The Morgan fingerprint density at radius 1 is 0.960 bits per heavy atom. The van der Waals surface area contributed by atoms with E-state index in [1.165, 1.54) is 0 Å². The molecule has 0 saturated heterocycles. The van der Waals surface area contributed by atoms with E-state index >= 15 is 0 Å². The Morgan fingerprint density at radius 2 is 1.56 bits per heavy atom. The van der Waals surface area contributed by atoms with Crippen LogP contribution in [0.25, 0.3) is 10.9 Å². The lowest BCUT2D eigenvalue weighted by molar-refractivity contribution is -0.744. The summed E-state index contributed by atoms with van der Waals surface area (Å²) >= 11 is 0. The molecule has 3 rings (SSSR count). The van der Waals surface area contributed by atoms with Crippen molar-refractivity contribution in [1.82, 2.24) is 4.57 Å². The molecule has 128 valence electrons. The molecule has 1 aromatic heterocycles. The largest absolute Gasteiger partial charge is 0.461 e. The predicted molar refractivity (Wildman–Crippen MR) is 93.7 cm³/mol. The molecule has 0 radical (unpaired) electrons. The lowest BCUT2D eigenvalue weighted by Gasteiger charge is -2.15. The summed E-state index contributed by atoms with van der Waals surface area (Å²) in [5.74, 6) is -0.969. The van der Waals surface area contributed by atoms with Crippen molar-refractivity contribution in [1.29, 1.82) is 0 Å². The van der Waals surface area contributed by atoms with E-state index in [4.69, 9.17) is 0 Å². The maximum absolute atomic E-state index is 11.5. The van der Waals surface area contributed by atoms with E-state index in [9.17, 15) is 20.2 Å². The van der Waals surface area contributed by atoms with Gasteiger partial charge in [0.2, 0.25) is 0 Å². The van der Waals surface area contributed by atoms with Crippen LogP contribution in [-0.4, -0.2) is 20.6 Å². The normalized spacial score (nSPS) is 12.4. The summed E-state index contributed by atoms with van der Waals surface area (Å²) in [4.78, 5) is 21.4. The summed E-state index contributed by atoms with van der Waals surface area (Å²) in [6.45, 7) is 2.63. The third kappa shape index (κ3) is 2.96. The number of nitrogens with zero attached hydrogens (tertiary/aromatic N) is 3. The van der Waals surface area contributed by atoms with Gasteiger partial charge in [-0.05, 0) is 24.1 Å². The van der Waals surface area contributed by atoms with Gasteiger partial charge in [-0.2, -0.15) is 0 Å². The van der Waals surface area contributed by atoms with Crippen LogP contribution in [0.4, 0.5) is 0 Å². The van der Waals surface area contributed by atoms with Crippen molar-refractivity contribution in [3.63, 3.8) is 0 Å². The van der Waals surface area contributed by atoms with Crippen molar-refractivity contribution in [2.75, 3.05) is 0 Å². The van der Waals surface area contributed by atoms with Gasteiger partial charge in [0.1, 0.15) is 5.92 Å². The Labute approximate surface area is 143 Å². The Kier molecular flexibility index (Phi) is 4.47. The lowest BCUT2D eigenvalue weighted by Crippen LogP contribution is -2.35. The van der Waals surface area contributed by atoms with E-state index in [2.05, 4.69) is 0 Å². The molecular formula is C18H17N3O4. The van der Waals surface area contributed by atoms with Crippen LogP contribution in [0.3, 0.4) is 0 Å². The number of rotatable bonds is 6. The lowest BCUT2D eigenvalue weighted by atomic mass is 9.88. The molecule has 2 aromatic carbocycles. The molecule has 1 heterocycles. The van der Waals surface area contributed by atoms with Crippen molar-refractivity contribution >= 4 is 10.9 Å². The van der Waals surface area contributed by atoms with Crippen LogP contribution < -0.4 is 0 Å². The highest BCUT2D eigenvalue weighted by molar-refractivity contribution is 5.85. The van der Waals surface area contributed by atoms with Crippen molar-refractivity contribution in [3.05, 3.63) is 92.1 Å². The van der Waals surface area contributed by atoms with Gasteiger partial charge in [0.15, 0.2) is 0 Å². The Balaban J connectivity index is 2.29. The molecule has 7 nitrogen and oxygen atoms in total. The van der Waals surface area contributed by atoms with Gasteiger partial charge >= 0.3 is 6.17 Å². The zero-order valence-electron chi connectivity index (χ0n) is 13.6. The molecule has 7 heteroatoms. The fraction of sp³-hybridized carbons (Fsp3) is 0.222. The van der Waals surface area contributed by atoms with Crippen LogP contribution in [0.15, 0.2) is 60.8 Å². The zero-order chi connectivity index (χ0) is 18.0. The Hall–Kier alpha value is -3.22. The Bertz CT molecular complexity index is 906. The van der Waals surface area contributed by atoms with Crippen LogP contribution in [0, 0.1) is 20.2 Å². The molecular weight excluding hydrogens is 322 g/mol. The fourth-order valence-corrected chi connectivity index (χ4v) is 3.28. The minimum absolute atomic E-state index is 0.555. The van der Waals surface area contributed by atoms with Crippen molar-refractivity contribution < 1.29 is 9.85 Å². The number of nitro groups is 2. The number of aromatic nitrogens is 1. The molecule has 0 aliphatic rings. The minimum Gasteiger partial charge on any atom is -0.347 e. The first-order valence-corrected chi connectivity index (χ1v) is 7.94. The summed E-state index contributed by atoms with van der Waals surface area (Å²) in [6.07, 6.45) is -0.152. The number of fused-ring (bicyclic) bond motifs is 1. The fourth-order valence-electron chi connectivity index (χ4n) is 3.28. The van der Waals surface area contributed by atoms with E-state index in [0.717, 1.165) is 10.9 Å². The van der Waals surface area contributed by atoms with Crippen LogP contribution in [0.5, 0.6) is 0 Å². The quantitative estimate of drug-likeness (QED) is 0.389. The van der Waals surface area contributed by atoms with Gasteiger partial charge in [-0.15, -0.1) is 0 Å². The average molecular weight is 339 g/mol. The summed E-state index contributed by atoms with van der Waals surface area (Å²) in [5, 5.41) is 23.8. The standard InChI is InChI=1S/C18H17N3O4/c1-2-19-12-15(14-10-6-7-11-16(14)19)17(13-8-4-3-5-9-13)18(20(22)23)21(24)25/h3-12,17-18H,2H2,1H3. The van der Waals surface area contributed by atoms with Gasteiger partial charge in [-0.3, -0.25) is 20.2 Å². The third-order valence-electron chi connectivity index (χ3n) is 4.38. The van der Waals surface area contributed by atoms with Gasteiger partial charge in [0.25, 0.3) is 0 Å². The molecule has 0 N–H and O–H groups in total. The van der Waals surface area contributed by atoms with Gasteiger partial charge < -0.3 is 4.57 Å². The zero-order valence-corrected chi connectivity index (χ0v) is 13.6. The van der Waals surface area contributed by atoms with E-state index in [0.29, 0.717) is 17.7 Å². The second-order valence-electron chi connectivity index (χ2n) is 5.76. The topological polar surface area (TPSA) is 91.2 Å². The number of benzene rings is 2. The third-order valence-corrected chi connectivity index (χ3v) is 4.38. The average Bonchev–Trinajstić information content (AvgIpc) is 2.98. The van der Waals surface area contributed by atoms with Crippen LogP contribution in [-0.2, 0) is 6.54 Å². The molecule has 0 saturated carbocycles. The first kappa shape index (κ1) is 16.6. The first-order valence-electron chi connectivity index (χ1n) is 7.94. The van der Waals surface area contributed by atoms with Crippen molar-refractivity contribution in [3.8, 4) is 0 Å². The maximum atomic E-state index is 11.5. The van der Waals surface area contributed by atoms with E-state index in [1.54, 1.807) is 36.5 Å². The first-order chi connectivity index (χ1) is 12.0. The Morgan fingerprint density at radius 3 is 2.16 bits per heavy atom. The molecule has 1 unspecified atom stereocenters. The summed E-state index contributed by atoms with van der Waals surface area (Å²) in [6, 6.07) is 16.1. The number of para-hydroxylation sites is 1. The highest BCUT2D eigenvalue weighted by Crippen LogP contribution is 2.35. The SMILES string of the molecule is CCn1cc(C(c2ccccc2)C([N+](=O)[O-])[N+](=O)[O-])c2ccccc21. The molecule has 1 atom stereocenters. The van der Waals surface area contributed by atoms with Gasteiger partial charge in [-0.1, -0.05) is 48.5 Å². The molecule has 0 spiro atoms. The second-order valence-corrected chi connectivity index (χ2v) is 5.76. The molecule has 0 aliphatic carbocycles. The van der Waals surface area contributed by atoms with Gasteiger partial charge in [0, 0.05) is 23.6 Å². The molecule has 3 aromatic rings. The van der Waals surface area contributed by atoms with Gasteiger partial charge in [-0.25, -0.2) is 0 Å². The molecule has 0 bridgehead atoms. The number of hydrogen-bond donors (Lipinski definition) is 0. The number of aryl methyl sites for hydroxylation is 1. The highest BCUT2D eigenvalue weighted by Gasteiger charge is 2.45. The smallest absolute Gasteiger partial charge is 0.347 e. The molecule has 0 amide bonds. The summed E-state index contributed by atoms with van der Waals surface area (Å²) in [5.41, 5.74) is 2.06. The van der Waals surface area contributed by atoms with Crippen LogP contribution in [0.1, 0.15) is 24.0 Å². The predicted octanol–water partition coefficient (Wildman–Crippen LogP) is 3.67. The molecule has 0 fully saturated rings. The highest BCUT2D eigenvalue weighted by atomic mass is 16.7. The van der Waals surface area contributed by atoms with Crippen molar-refractivity contribution in [2.45, 2.75) is 25.6 Å². The van der Waals surface area contributed by atoms with Crippen LogP contribution in [0.2, 0.25) is 0 Å². The minimum atomic E-state index is -1.95. The van der Waals surface area contributed by atoms with Gasteiger partial charge in [0.05, 0.1) is 9.85 Å². The van der Waals surface area contributed by atoms with E-state index < -0.39 is 21.9 Å². The molecule has 25 heavy (non-hydrogen) atoms. The van der Waals surface area contributed by atoms with Crippen molar-refractivity contribution in [2.24, 2.45) is 0 Å².